The van der Waals surface area contributed by atoms with Crippen LogP contribution in [0.25, 0.3) is 10.9 Å². The Kier molecular flexibility index (Phi) is 6.13. The Morgan fingerprint density at radius 1 is 0.931 bits per heavy atom. The largest absolute Gasteiger partial charge is 0.493 e. The smallest absolute Gasteiger partial charge is 0.356 e. The van der Waals surface area contributed by atoms with Gasteiger partial charge in [0.1, 0.15) is 5.75 Å². The Hall–Kier alpha value is -3.81. The number of fused-ring (bicyclic) bond motifs is 1. The summed E-state index contributed by atoms with van der Waals surface area (Å²) in [5.74, 6) is 0.231. The fourth-order valence-electron chi connectivity index (χ4n) is 2.71. The molecule has 2 aromatic carbocycles. The fourth-order valence-corrected chi connectivity index (χ4v) is 2.71. The fraction of sp³-hybridized carbons (Fsp3) is 0.190. The molecule has 0 bridgehead atoms. The highest BCUT2D eigenvalue weighted by molar-refractivity contribution is 5.96. The maximum absolute atomic E-state index is 12.2. The van der Waals surface area contributed by atoms with Crippen molar-refractivity contribution < 1.29 is 28.5 Å². The molecule has 1 N–H and O–H groups in total. The molecule has 0 aliphatic rings. The molecule has 0 spiro atoms. The molecule has 1 aromatic heterocycles. The summed E-state index contributed by atoms with van der Waals surface area (Å²) in [6, 6.07) is 13.7. The first-order chi connectivity index (χ1) is 14.0. The van der Waals surface area contributed by atoms with Gasteiger partial charge in [0.05, 0.1) is 26.8 Å². The maximum atomic E-state index is 12.2. The number of para-hydroxylation sites is 1. The van der Waals surface area contributed by atoms with Crippen molar-refractivity contribution in [2.24, 2.45) is 0 Å². The predicted octanol–water partition coefficient (Wildman–Crippen LogP) is 3.06. The van der Waals surface area contributed by atoms with Crippen LogP contribution in [0.4, 0.5) is 5.69 Å². The lowest BCUT2D eigenvalue weighted by molar-refractivity contribution is -0.118. The molecule has 8 nitrogen and oxygen atoms in total. The van der Waals surface area contributed by atoms with Crippen LogP contribution in [-0.2, 0) is 9.53 Å². The number of amides is 1. The van der Waals surface area contributed by atoms with Gasteiger partial charge in [-0.05, 0) is 18.2 Å². The normalized spacial score (nSPS) is 10.3. The second-order valence-corrected chi connectivity index (χ2v) is 5.92. The van der Waals surface area contributed by atoms with Crippen molar-refractivity contribution in [1.29, 1.82) is 0 Å². The summed E-state index contributed by atoms with van der Waals surface area (Å²) >= 11 is 0. The molecule has 0 aliphatic heterocycles. The van der Waals surface area contributed by atoms with Crippen molar-refractivity contribution in [2.45, 2.75) is 0 Å². The summed E-state index contributed by atoms with van der Waals surface area (Å²) in [4.78, 5) is 28.5. The quantitative estimate of drug-likeness (QED) is 0.613. The lowest BCUT2D eigenvalue weighted by Crippen LogP contribution is -2.20. The first-order valence-corrected chi connectivity index (χ1v) is 8.68. The van der Waals surface area contributed by atoms with Crippen LogP contribution in [0, 0.1) is 0 Å². The van der Waals surface area contributed by atoms with Gasteiger partial charge in [0.2, 0.25) is 0 Å². The van der Waals surface area contributed by atoms with Crippen LogP contribution in [-0.4, -0.2) is 44.8 Å². The zero-order valence-electron chi connectivity index (χ0n) is 16.2. The minimum Gasteiger partial charge on any atom is -0.493 e. The number of hydrogen-bond donors (Lipinski definition) is 1. The van der Waals surface area contributed by atoms with E-state index in [1.807, 2.05) is 18.2 Å². The van der Waals surface area contributed by atoms with Crippen molar-refractivity contribution in [1.82, 2.24) is 4.98 Å². The zero-order chi connectivity index (χ0) is 20.8. The van der Waals surface area contributed by atoms with E-state index in [4.69, 9.17) is 18.9 Å². The number of nitrogens with zero attached hydrogens (tertiary/aromatic N) is 1. The Labute approximate surface area is 167 Å². The number of aromatic nitrogens is 1. The summed E-state index contributed by atoms with van der Waals surface area (Å²) in [5.41, 5.74) is 1.14. The molecular formula is C21H20N2O6. The highest BCUT2D eigenvalue weighted by Gasteiger charge is 2.17. The number of carbonyl (C=O) groups is 2. The number of nitrogens with one attached hydrogen (secondary N) is 1. The molecular weight excluding hydrogens is 376 g/mol. The highest BCUT2D eigenvalue weighted by Crippen LogP contribution is 2.36. The number of pyridine rings is 1. The molecule has 8 heteroatoms. The molecule has 29 heavy (non-hydrogen) atoms. The predicted molar refractivity (Wildman–Crippen MR) is 107 cm³/mol. The van der Waals surface area contributed by atoms with Crippen LogP contribution in [0.1, 0.15) is 10.5 Å². The lowest BCUT2D eigenvalue weighted by Gasteiger charge is -2.14. The topological polar surface area (TPSA) is 96.0 Å². The SMILES string of the molecule is COC(=O)c1cc(OCC(=O)Nc2ccccc2)c2cc(OC)c(OC)cc2n1. The van der Waals surface area contributed by atoms with Gasteiger partial charge < -0.3 is 24.3 Å². The average Bonchev–Trinajstić information content (AvgIpc) is 2.76. The van der Waals surface area contributed by atoms with Crippen molar-refractivity contribution in [2.75, 3.05) is 33.3 Å². The average molecular weight is 396 g/mol. The van der Waals surface area contributed by atoms with E-state index < -0.39 is 5.97 Å². The Morgan fingerprint density at radius 2 is 1.62 bits per heavy atom. The Balaban J connectivity index is 1.93. The molecule has 3 aromatic rings. The first kappa shape index (κ1) is 19.9. The number of benzene rings is 2. The van der Waals surface area contributed by atoms with Crippen LogP contribution >= 0.6 is 0 Å². The van der Waals surface area contributed by atoms with Crippen LogP contribution < -0.4 is 19.5 Å². The number of methoxy groups -OCH3 is 3. The molecule has 150 valence electrons. The Morgan fingerprint density at radius 3 is 2.28 bits per heavy atom. The molecule has 3 rings (SSSR count). The second-order valence-electron chi connectivity index (χ2n) is 5.92. The maximum Gasteiger partial charge on any atom is 0.356 e. The number of carbonyl (C=O) groups excluding carboxylic acids is 2. The molecule has 0 radical (unpaired) electrons. The van der Waals surface area contributed by atoms with Crippen LogP contribution in [0.3, 0.4) is 0 Å². The molecule has 0 atom stereocenters. The minimum atomic E-state index is -0.625. The molecule has 0 aliphatic carbocycles. The van der Waals surface area contributed by atoms with Crippen LogP contribution in [0.15, 0.2) is 48.5 Å². The number of esters is 1. The van der Waals surface area contributed by atoms with Crippen LogP contribution in [0.2, 0.25) is 0 Å². The van der Waals surface area contributed by atoms with E-state index in [1.54, 1.807) is 24.3 Å². The summed E-state index contributed by atoms with van der Waals surface area (Å²) in [5, 5.41) is 3.29. The molecule has 0 saturated carbocycles. The van der Waals surface area contributed by atoms with E-state index >= 15 is 0 Å². The molecule has 0 unspecified atom stereocenters. The van der Waals surface area contributed by atoms with Gasteiger partial charge >= 0.3 is 5.97 Å². The third kappa shape index (κ3) is 4.55. The Bertz CT molecular complexity index is 1040. The van der Waals surface area contributed by atoms with Crippen molar-refractivity contribution in [3.63, 3.8) is 0 Å². The third-order valence-corrected chi connectivity index (χ3v) is 4.09. The second kappa shape index (κ2) is 8.92. The molecule has 0 fully saturated rings. The number of anilines is 1. The van der Waals surface area contributed by atoms with E-state index in [1.165, 1.54) is 27.4 Å². The van der Waals surface area contributed by atoms with Gasteiger partial charge in [0.25, 0.3) is 5.91 Å². The molecule has 1 heterocycles. The van der Waals surface area contributed by atoms with Crippen LogP contribution in [0.5, 0.6) is 17.2 Å². The van der Waals surface area contributed by atoms with Gasteiger partial charge in [0, 0.05) is 23.2 Å². The summed E-state index contributed by atoms with van der Waals surface area (Å²) in [6.07, 6.45) is 0. The van der Waals surface area contributed by atoms with Crippen molar-refractivity contribution in [3.05, 3.63) is 54.2 Å². The van der Waals surface area contributed by atoms with Gasteiger partial charge in [-0.3, -0.25) is 4.79 Å². The summed E-state index contributed by atoms with van der Waals surface area (Å²) in [7, 11) is 4.27. The number of ether oxygens (including phenoxy) is 4. The highest BCUT2D eigenvalue weighted by atomic mass is 16.5. The van der Waals surface area contributed by atoms with Gasteiger partial charge in [-0.1, -0.05) is 18.2 Å². The first-order valence-electron chi connectivity index (χ1n) is 8.68. The summed E-state index contributed by atoms with van der Waals surface area (Å²) < 4.78 is 21.1. The molecule has 1 amide bonds. The van der Waals surface area contributed by atoms with Gasteiger partial charge in [-0.2, -0.15) is 0 Å². The van der Waals surface area contributed by atoms with Crippen molar-refractivity contribution >= 4 is 28.5 Å². The monoisotopic (exact) mass is 396 g/mol. The van der Waals surface area contributed by atoms with Gasteiger partial charge in [-0.25, -0.2) is 9.78 Å². The third-order valence-electron chi connectivity index (χ3n) is 4.09. The summed E-state index contributed by atoms with van der Waals surface area (Å²) in [6.45, 7) is -0.261. The van der Waals surface area contributed by atoms with E-state index in [-0.39, 0.29) is 18.2 Å². The van der Waals surface area contributed by atoms with E-state index in [2.05, 4.69) is 10.3 Å². The standard InChI is InChI=1S/C21H20N2O6/c1-26-18-9-14-15(10-19(18)27-2)23-16(21(25)28-3)11-17(14)29-12-20(24)22-13-7-5-4-6-8-13/h4-11H,12H2,1-3H3,(H,22,24). The number of rotatable bonds is 7. The van der Waals surface area contributed by atoms with E-state index in [9.17, 15) is 9.59 Å². The number of hydrogen-bond acceptors (Lipinski definition) is 7. The van der Waals surface area contributed by atoms with Crippen molar-refractivity contribution in [3.8, 4) is 17.2 Å². The minimum absolute atomic E-state index is 0.0469. The lowest BCUT2D eigenvalue weighted by atomic mass is 10.1. The van der Waals surface area contributed by atoms with E-state index in [0.29, 0.717) is 33.8 Å². The van der Waals surface area contributed by atoms with E-state index in [0.717, 1.165) is 0 Å². The van der Waals surface area contributed by atoms with Gasteiger partial charge in [-0.15, -0.1) is 0 Å². The zero-order valence-corrected chi connectivity index (χ0v) is 16.2. The van der Waals surface area contributed by atoms with Gasteiger partial charge in [0.15, 0.2) is 23.8 Å². The molecule has 0 saturated heterocycles.